The summed E-state index contributed by atoms with van der Waals surface area (Å²) in [5.41, 5.74) is 14.3. The molecule has 0 spiro atoms. The minimum Gasteiger partial charge on any atom is -0.494 e. The lowest BCUT2D eigenvalue weighted by atomic mass is 10.2. The van der Waals surface area contributed by atoms with E-state index in [4.69, 9.17) is 4.74 Å². The van der Waals surface area contributed by atoms with Gasteiger partial charge in [-0.25, -0.2) is 0 Å². The predicted octanol–water partition coefficient (Wildman–Crippen LogP) is 5.73. The summed E-state index contributed by atoms with van der Waals surface area (Å²) in [6.45, 7) is 4.40. The van der Waals surface area contributed by atoms with Crippen LogP contribution in [0.3, 0.4) is 0 Å². The van der Waals surface area contributed by atoms with Gasteiger partial charge in [0.05, 0.1) is 29.4 Å². The van der Waals surface area contributed by atoms with Gasteiger partial charge in [-0.15, -0.1) is 0 Å². The number of hydrazine groups is 2. The second kappa shape index (κ2) is 11.5. The van der Waals surface area contributed by atoms with E-state index in [9.17, 15) is 4.79 Å². The molecule has 7 heteroatoms. The standard InChI is InChI=1S/C25H31N5O2/c1-4-5-18-32-25-16-14-24(15-17-25)30(3)29-23-12-10-22(11-13-23)28-27-21-8-6-20(7-9-21)26-19(2)31/h6-17,27-29H,4-5,18H2,1-3H3,(H,26,31). The lowest BCUT2D eigenvalue weighted by Crippen LogP contribution is -2.24. The van der Waals surface area contributed by atoms with Crippen LogP contribution >= 0.6 is 0 Å². The van der Waals surface area contributed by atoms with Crippen LogP contribution in [0.1, 0.15) is 26.7 Å². The van der Waals surface area contributed by atoms with Crippen molar-refractivity contribution in [3.63, 3.8) is 0 Å². The van der Waals surface area contributed by atoms with Gasteiger partial charge in [-0.3, -0.25) is 15.2 Å². The summed E-state index contributed by atoms with van der Waals surface area (Å²) in [6, 6.07) is 23.5. The number of hydrogen-bond acceptors (Lipinski definition) is 6. The average molecular weight is 434 g/mol. The molecule has 32 heavy (non-hydrogen) atoms. The maximum absolute atomic E-state index is 11.1. The highest BCUT2D eigenvalue weighted by Gasteiger charge is 2.03. The van der Waals surface area contributed by atoms with Crippen molar-refractivity contribution in [1.29, 1.82) is 0 Å². The summed E-state index contributed by atoms with van der Waals surface area (Å²) in [4.78, 5) is 11.1. The Bertz CT molecular complexity index is 973. The molecular weight excluding hydrogens is 402 g/mol. The largest absolute Gasteiger partial charge is 0.494 e. The highest BCUT2D eigenvalue weighted by atomic mass is 16.5. The van der Waals surface area contributed by atoms with E-state index >= 15 is 0 Å². The van der Waals surface area contributed by atoms with Crippen LogP contribution in [0.4, 0.5) is 28.4 Å². The number of carbonyl (C=O) groups is 1. The number of carbonyl (C=O) groups excluding carboxylic acids is 1. The van der Waals surface area contributed by atoms with Crippen molar-refractivity contribution in [3.8, 4) is 5.75 Å². The molecule has 1 amide bonds. The Kier molecular flexibility index (Phi) is 8.20. The molecule has 3 rings (SSSR count). The maximum atomic E-state index is 11.1. The summed E-state index contributed by atoms with van der Waals surface area (Å²) in [5, 5.41) is 4.71. The van der Waals surface area contributed by atoms with Gasteiger partial charge in [0, 0.05) is 19.7 Å². The fourth-order valence-corrected chi connectivity index (χ4v) is 2.97. The third-order valence-electron chi connectivity index (χ3n) is 4.73. The Labute approximate surface area is 189 Å². The summed E-state index contributed by atoms with van der Waals surface area (Å²) in [7, 11) is 1.98. The second-order valence-electron chi connectivity index (χ2n) is 7.45. The van der Waals surface area contributed by atoms with Crippen LogP contribution < -0.4 is 31.3 Å². The number of benzene rings is 3. The molecule has 0 bridgehead atoms. The summed E-state index contributed by atoms with van der Waals surface area (Å²) < 4.78 is 5.72. The van der Waals surface area contributed by atoms with Gasteiger partial charge in [-0.05, 0) is 79.2 Å². The van der Waals surface area contributed by atoms with Crippen molar-refractivity contribution >= 4 is 34.3 Å². The van der Waals surface area contributed by atoms with E-state index in [1.54, 1.807) is 0 Å². The molecule has 7 nitrogen and oxygen atoms in total. The minimum atomic E-state index is -0.0865. The van der Waals surface area contributed by atoms with Crippen LogP contribution in [0.2, 0.25) is 0 Å². The van der Waals surface area contributed by atoms with Gasteiger partial charge in [-0.1, -0.05) is 13.3 Å². The first-order chi connectivity index (χ1) is 15.5. The maximum Gasteiger partial charge on any atom is 0.221 e. The Morgan fingerprint density at radius 3 is 1.88 bits per heavy atom. The van der Waals surface area contributed by atoms with Gasteiger partial charge in [0.2, 0.25) is 5.91 Å². The first kappa shape index (κ1) is 22.8. The molecule has 168 valence electrons. The molecule has 4 N–H and O–H groups in total. The number of unbranched alkanes of at least 4 members (excludes halogenated alkanes) is 1. The third kappa shape index (κ3) is 7.12. The number of nitrogens with zero attached hydrogens (tertiary/aromatic N) is 1. The van der Waals surface area contributed by atoms with E-state index < -0.39 is 0 Å². The molecule has 0 aliphatic rings. The molecule has 3 aromatic carbocycles. The molecule has 0 saturated heterocycles. The van der Waals surface area contributed by atoms with Crippen LogP contribution in [0.5, 0.6) is 5.75 Å². The molecule has 0 unspecified atom stereocenters. The first-order valence-corrected chi connectivity index (χ1v) is 10.8. The normalized spacial score (nSPS) is 10.2. The van der Waals surface area contributed by atoms with E-state index in [-0.39, 0.29) is 5.91 Å². The van der Waals surface area contributed by atoms with Crippen LogP contribution in [0, 0.1) is 0 Å². The van der Waals surface area contributed by atoms with Crippen LogP contribution in [0.15, 0.2) is 72.8 Å². The van der Waals surface area contributed by atoms with E-state index in [0.717, 1.165) is 53.6 Å². The topological polar surface area (TPSA) is 77.7 Å². The van der Waals surface area contributed by atoms with Crippen LogP contribution in [-0.4, -0.2) is 19.6 Å². The summed E-state index contributed by atoms with van der Waals surface area (Å²) in [6.07, 6.45) is 2.19. The molecule has 0 fully saturated rings. The Morgan fingerprint density at radius 2 is 1.34 bits per heavy atom. The molecule has 0 atom stereocenters. The van der Waals surface area contributed by atoms with E-state index in [0.29, 0.717) is 0 Å². The summed E-state index contributed by atoms with van der Waals surface area (Å²) >= 11 is 0. The predicted molar refractivity (Wildman–Crippen MR) is 133 cm³/mol. The lowest BCUT2D eigenvalue weighted by Gasteiger charge is -2.22. The molecule has 3 aromatic rings. The van der Waals surface area contributed by atoms with Crippen molar-refractivity contribution < 1.29 is 9.53 Å². The number of hydrogen-bond donors (Lipinski definition) is 4. The zero-order valence-electron chi connectivity index (χ0n) is 18.8. The molecule has 0 radical (unpaired) electrons. The van der Waals surface area contributed by atoms with Crippen molar-refractivity contribution in [2.75, 3.05) is 40.3 Å². The number of anilines is 5. The van der Waals surface area contributed by atoms with E-state index in [1.807, 2.05) is 84.9 Å². The molecule has 0 saturated carbocycles. The number of rotatable bonds is 11. The first-order valence-electron chi connectivity index (χ1n) is 10.8. The average Bonchev–Trinajstić information content (AvgIpc) is 2.80. The van der Waals surface area contributed by atoms with Gasteiger partial charge in [0.1, 0.15) is 5.75 Å². The highest BCUT2D eigenvalue weighted by Crippen LogP contribution is 2.21. The fraction of sp³-hybridized carbons (Fsp3) is 0.240. The van der Waals surface area contributed by atoms with Crippen molar-refractivity contribution in [2.24, 2.45) is 0 Å². The smallest absolute Gasteiger partial charge is 0.221 e. The number of amides is 1. The Morgan fingerprint density at radius 1 is 0.812 bits per heavy atom. The third-order valence-corrected chi connectivity index (χ3v) is 4.73. The van der Waals surface area contributed by atoms with Crippen LogP contribution in [-0.2, 0) is 4.79 Å². The van der Waals surface area contributed by atoms with Crippen molar-refractivity contribution in [2.45, 2.75) is 26.7 Å². The lowest BCUT2D eigenvalue weighted by molar-refractivity contribution is -0.114. The van der Waals surface area contributed by atoms with E-state index in [1.165, 1.54) is 6.92 Å². The zero-order chi connectivity index (χ0) is 22.8. The molecule has 0 aliphatic carbocycles. The van der Waals surface area contributed by atoms with Crippen molar-refractivity contribution in [3.05, 3.63) is 72.8 Å². The van der Waals surface area contributed by atoms with Gasteiger partial charge < -0.3 is 20.9 Å². The highest BCUT2D eigenvalue weighted by molar-refractivity contribution is 5.88. The van der Waals surface area contributed by atoms with Gasteiger partial charge in [-0.2, -0.15) is 0 Å². The number of nitrogens with one attached hydrogen (secondary N) is 4. The number of ether oxygens (including phenoxy) is 1. The van der Waals surface area contributed by atoms with Crippen molar-refractivity contribution in [1.82, 2.24) is 0 Å². The molecule has 0 heterocycles. The zero-order valence-corrected chi connectivity index (χ0v) is 18.8. The van der Waals surface area contributed by atoms with Gasteiger partial charge in [0.15, 0.2) is 0 Å². The van der Waals surface area contributed by atoms with Crippen LogP contribution in [0.25, 0.3) is 0 Å². The van der Waals surface area contributed by atoms with Gasteiger partial charge in [0.25, 0.3) is 0 Å². The SMILES string of the molecule is CCCCOc1ccc(N(C)Nc2ccc(NNc3ccc(NC(C)=O)cc3)cc2)cc1. The quantitative estimate of drug-likeness (QED) is 0.229. The minimum absolute atomic E-state index is 0.0865. The molecule has 0 aliphatic heterocycles. The van der Waals surface area contributed by atoms with Gasteiger partial charge >= 0.3 is 0 Å². The van der Waals surface area contributed by atoms with E-state index in [2.05, 4.69) is 28.5 Å². The molecule has 0 aromatic heterocycles. The second-order valence-corrected chi connectivity index (χ2v) is 7.45. The summed E-state index contributed by atoms with van der Waals surface area (Å²) in [5.74, 6) is 0.805. The Hall–Kier alpha value is -3.87. The Balaban J connectivity index is 1.48. The fourth-order valence-electron chi connectivity index (χ4n) is 2.97. The monoisotopic (exact) mass is 433 g/mol. The molecular formula is C25H31N5O2.